The van der Waals surface area contributed by atoms with Crippen molar-refractivity contribution in [2.24, 2.45) is 5.92 Å². The topological polar surface area (TPSA) is 32.3 Å². The Labute approximate surface area is 103 Å². The van der Waals surface area contributed by atoms with Crippen LogP contribution in [0.2, 0.25) is 0 Å². The van der Waals surface area contributed by atoms with Crippen LogP contribution in [0.3, 0.4) is 0 Å². The van der Waals surface area contributed by atoms with E-state index in [9.17, 15) is 5.11 Å². The predicted octanol–water partition coefficient (Wildman–Crippen LogP) is 2.45. The van der Waals surface area contributed by atoms with Gasteiger partial charge < -0.3 is 10.4 Å². The quantitative estimate of drug-likeness (QED) is 0.763. The van der Waals surface area contributed by atoms with Crippen LogP contribution in [-0.2, 0) is 0 Å². The standard InChI is InChI=1S/C15H21NO/c17-15-10-4-9-14(15)12-16-11-5-8-13-6-2-1-3-7-13/h1-3,5-8,14-17H,4,9-12H2/b8-5+. The molecule has 1 saturated carbocycles. The van der Waals surface area contributed by atoms with E-state index in [-0.39, 0.29) is 6.10 Å². The second kappa shape index (κ2) is 6.58. The highest BCUT2D eigenvalue weighted by Crippen LogP contribution is 2.24. The van der Waals surface area contributed by atoms with E-state index in [0.29, 0.717) is 5.92 Å². The fourth-order valence-electron chi connectivity index (χ4n) is 2.37. The molecule has 1 aromatic carbocycles. The van der Waals surface area contributed by atoms with Crippen LogP contribution in [-0.4, -0.2) is 24.3 Å². The molecule has 0 radical (unpaired) electrons. The smallest absolute Gasteiger partial charge is 0.0580 e. The highest BCUT2D eigenvalue weighted by Gasteiger charge is 2.24. The SMILES string of the molecule is OC1CCCC1CNC/C=C/c1ccccc1. The summed E-state index contributed by atoms with van der Waals surface area (Å²) in [6.45, 7) is 1.80. The Kier molecular flexibility index (Phi) is 4.77. The first-order valence-electron chi connectivity index (χ1n) is 6.46. The second-order valence-corrected chi connectivity index (χ2v) is 4.73. The van der Waals surface area contributed by atoms with Crippen molar-refractivity contribution in [3.63, 3.8) is 0 Å². The Morgan fingerprint density at radius 2 is 2.06 bits per heavy atom. The molecular weight excluding hydrogens is 210 g/mol. The maximum absolute atomic E-state index is 9.67. The summed E-state index contributed by atoms with van der Waals surface area (Å²) in [4.78, 5) is 0. The van der Waals surface area contributed by atoms with Crippen molar-refractivity contribution >= 4 is 6.08 Å². The minimum Gasteiger partial charge on any atom is -0.393 e. The van der Waals surface area contributed by atoms with E-state index < -0.39 is 0 Å². The van der Waals surface area contributed by atoms with Crippen molar-refractivity contribution < 1.29 is 5.11 Å². The molecule has 0 aliphatic heterocycles. The third-order valence-corrected chi connectivity index (χ3v) is 3.40. The monoisotopic (exact) mass is 231 g/mol. The van der Waals surface area contributed by atoms with Gasteiger partial charge in [0.15, 0.2) is 0 Å². The summed E-state index contributed by atoms with van der Waals surface area (Å²) < 4.78 is 0. The Bertz CT molecular complexity index is 347. The van der Waals surface area contributed by atoms with E-state index in [0.717, 1.165) is 25.9 Å². The average Bonchev–Trinajstić information content (AvgIpc) is 2.76. The molecule has 92 valence electrons. The highest BCUT2D eigenvalue weighted by atomic mass is 16.3. The van der Waals surface area contributed by atoms with Crippen LogP contribution >= 0.6 is 0 Å². The number of nitrogens with one attached hydrogen (secondary N) is 1. The summed E-state index contributed by atoms with van der Waals surface area (Å²) in [5.41, 5.74) is 1.23. The van der Waals surface area contributed by atoms with Crippen LogP contribution in [0, 0.1) is 5.92 Å². The molecule has 17 heavy (non-hydrogen) atoms. The molecule has 0 bridgehead atoms. The van der Waals surface area contributed by atoms with Crippen LogP contribution in [0.1, 0.15) is 24.8 Å². The van der Waals surface area contributed by atoms with Gasteiger partial charge in [-0.2, -0.15) is 0 Å². The second-order valence-electron chi connectivity index (χ2n) is 4.73. The fourth-order valence-corrected chi connectivity index (χ4v) is 2.37. The van der Waals surface area contributed by atoms with Gasteiger partial charge in [-0.3, -0.25) is 0 Å². The molecule has 1 aromatic rings. The van der Waals surface area contributed by atoms with Crippen LogP contribution in [0.25, 0.3) is 6.08 Å². The third-order valence-electron chi connectivity index (χ3n) is 3.40. The molecule has 0 amide bonds. The van der Waals surface area contributed by atoms with E-state index in [1.807, 2.05) is 18.2 Å². The van der Waals surface area contributed by atoms with Gasteiger partial charge in [0.2, 0.25) is 0 Å². The maximum Gasteiger partial charge on any atom is 0.0580 e. The molecule has 2 rings (SSSR count). The number of hydrogen-bond acceptors (Lipinski definition) is 2. The van der Waals surface area contributed by atoms with Crippen molar-refractivity contribution in [1.29, 1.82) is 0 Å². The van der Waals surface area contributed by atoms with Crippen LogP contribution < -0.4 is 5.32 Å². The number of benzene rings is 1. The van der Waals surface area contributed by atoms with Gasteiger partial charge in [-0.25, -0.2) is 0 Å². The summed E-state index contributed by atoms with van der Waals surface area (Å²) in [5.74, 6) is 0.458. The van der Waals surface area contributed by atoms with Crippen molar-refractivity contribution in [2.75, 3.05) is 13.1 Å². The summed E-state index contributed by atoms with van der Waals surface area (Å²) in [7, 11) is 0. The van der Waals surface area contributed by atoms with Gasteiger partial charge in [0.25, 0.3) is 0 Å². The lowest BCUT2D eigenvalue weighted by molar-refractivity contribution is 0.132. The predicted molar refractivity (Wildman–Crippen MR) is 71.7 cm³/mol. The molecule has 1 fully saturated rings. The number of aliphatic hydroxyl groups is 1. The van der Waals surface area contributed by atoms with Gasteiger partial charge in [0, 0.05) is 13.1 Å². The van der Waals surface area contributed by atoms with E-state index in [1.54, 1.807) is 0 Å². The lowest BCUT2D eigenvalue weighted by atomic mass is 10.1. The van der Waals surface area contributed by atoms with Crippen molar-refractivity contribution in [3.05, 3.63) is 42.0 Å². The molecule has 0 aromatic heterocycles. The van der Waals surface area contributed by atoms with Crippen LogP contribution in [0.5, 0.6) is 0 Å². The number of rotatable bonds is 5. The minimum absolute atomic E-state index is 0.0828. The lowest BCUT2D eigenvalue weighted by Crippen LogP contribution is -2.27. The molecule has 2 unspecified atom stereocenters. The van der Waals surface area contributed by atoms with Gasteiger partial charge in [0.05, 0.1) is 6.10 Å². The zero-order valence-corrected chi connectivity index (χ0v) is 10.2. The zero-order chi connectivity index (χ0) is 11.9. The summed E-state index contributed by atoms with van der Waals surface area (Å²) in [5, 5.41) is 13.0. The third kappa shape index (κ3) is 3.99. The molecule has 1 aliphatic carbocycles. The van der Waals surface area contributed by atoms with Crippen LogP contribution in [0.4, 0.5) is 0 Å². The Morgan fingerprint density at radius 1 is 1.24 bits per heavy atom. The molecule has 0 spiro atoms. The van der Waals surface area contributed by atoms with Gasteiger partial charge in [-0.15, -0.1) is 0 Å². The average molecular weight is 231 g/mol. The Morgan fingerprint density at radius 3 is 2.76 bits per heavy atom. The normalized spacial score (nSPS) is 24.5. The summed E-state index contributed by atoms with van der Waals surface area (Å²) in [6.07, 6.45) is 7.49. The van der Waals surface area contributed by atoms with E-state index in [1.165, 1.54) is 12.0 Å². The van der Waals surface area contributed by atoms with E-state index in [4.69, 9.17) is 0 Å². The van der Waals surface area contributed by atoms with Crippen molar-refractivity contribution in [2.45, 2.75) is 25.4 Å². The first-order chi connectivity index (χ1) is 8.36. The van der Waals surface area contributed by atoms with Gasteiger partial charge in [0.1, 0.15) is 0 Å². The molecule has 2 atom stereocenters. The fraction of sp³-hybridized carbons (Fsp3) is 0.467. The molecule has 2 nitrogen and oxygen atoms in total. The Hall–Kier alpha value is -1.12. The summed E-state index contributed by atoms with van der Waals surface area (Å²) >= 11 is 0. The molecule has 0 saturated heterocycles. The molecular formula is C15H21NO. The number of aliphatic hydroxyl groups excluding tert-OH is 1. The molecule has 2 N–H and O–H groups in total. The summed E-state index contributed by atoms with van der Waals surface area (Å²) in [6, 6.07) is 10.3. The first kappa shape index (κ1) is 12.3. The Balaban J connectivity index is 1.65. The van der Waals surface area contributed by atoms with Gasteiger partial charge in [-0.05, 0) is 24.3 Å². The van der Waals surface area contributed by atoms with Crippen LogP contribution in [0.15, 0.2) is 36.4 Å². The zero-order valence-electron chi connectivity index (χ0n) is 10.2. The maximum atomic E-state index is 9.67. The largest absolute Gasteiger partial charge is 0.393 e. The molecule has 0 heterocycles. The number of hydrogen-bond donors (Lipinski definition) is 2. The van der Waals surface area contributed by atoms with Crippen molar-refractivity contribution in [3.8, 4) is 0 Å². The van der Waals surface area contributed by atoms with E-state index >= 15 is 0 Å². The van der Waals surface area contributed by atoms with Gasteiger partial charge >= 0.3 is 0 Å². The lowest BCUT2D eigenvalue weighted by Gasteiger charge is -2.13. The molecule has 2 heteroatoms. The highest BCUT2D eigenvalue weighted by molar-refractivity contribution is 5.48. The van der Waals surface area contributed by atoms with Crippen molar-refractivity contribution in [1.82, 2.24) is 5.32 Å². The van der Waals surface area contributed by atoms with Gasteiger partial charge in [-0.1, -0.05) is 48.9 Å². The first-order valence-corrected chi connectivity index (χ1v) is 6.46. The minimum atomic E-state index is -0.0828. The molecule has 1 aliphatic rings. The van der Waals surface area contributed by atoms with E-state index in [2.05, 4.69) is 29.6 Å².